The molecule has 2 aliphatic rings. The van der Waals surface area contributed by atoms with Gasteiger partial charge in [-0.1, -0.05) is 0 Å². The number of carbonyl (C=O) groups is 1. The van der Waals surface area contributed by atoms with E-state index >= 15 is 0 Å². The normalized spacial score (nSPS) is 20.9. The second-order valence-corrected chi connectivity index (χ2v) is 6.97. The van der Waals surface area contributed by atoms with Crippen molar-refractivity contribution in [1.29, 1.82) is 0 Å². The minimum atomic E-state index is 0.144. The molecule has 1 saturated heterocycles. The predicted octanol–water partition coefficient (Wildman–Crippen LogP) is 2.91. The van der Waals surface area contributed by atoms with Gasteiger partial charge in [0.15, 0.2) is 0 Å². The lowest BCUT2D eigenvalue weighted by atomic mass is 9.91. The number of hydrogen-bond acceptors (Lipinski definition) is 5. The first-order chi connectivity index (χ1) is 12.2. The molecular weight excluding hydrogens is 316 g/mol. The van der Waals surface area contributed by atoms with Crippen molar-refractivity contribution < 1.29 is 9.53 Å². The van der Waals surface area contributed by atoms with Crippen molar-refractivity contribution >= 4 is 11.6 Å². The summed E-state index contributed by atoms with van der Waals surface area (Å²) in [5.74, 6) is 0.954. The van der Waals surface area contributed by atoms with Gasteiger partial charge in [0, 0.05) is 24.0 Å². The van der Waals surface area contributed by atoms with Gasteiger partial charge in [0.1, 0.15) is 5.75 Å². The zero-order chi connectivity index (χ0) is 17.3. The lowest BCUT2D eigenvalue weighted by Gasteiger charge is -2.23. The Balaban J connectivity index is 1.40. The number of aryl methyl sites for hydroxylation is 1. The molecule has 6 nitrogen and oxygen atoms in total. The van der Waals surface area contributed by atoms with Gasteiger partial charge in [0.25, 0.3) is 0 Å². The van der Waals surface area contributed by atoms with Gasteiger partial charge < -0.3 is 15.4 Å². The van der Waals surface area contributed by atoms with E-state index in [1.54, 1.807) is 18.5 Å². The summed E-state index contributed by atoms with van der Waals surface area (Å²) in [7, 11) is 0. The first-order valence-electron chi connectivity index (χ1n) is 8.73. The van der Waals surface area contributed by atoms with E-state index in [4.69, 9.17) is 4.74 Å². The van der Waals surface area contributed by atoms with E-state index in [9.17, 15) is 4.79 Å². The molecule has 0 bridgehead atoms. The van der Waals surface area contributed by atoms with Crippen molar-refractivity contribution in [2.75, 3.05) is 18.4 Å². The number of nitrogens with one attached hydrogen (secondary N) is 2. The molecule has 2 heterocycles. The molecule has 1 aliphatic carbocycles. The van der Waals surface area contributed by atoms with Crippen LogP contribution in [0.5, 0.6) is 11.8 Å². The molecule has 0 radical (unpaired) electrons. The van der Waals surface area contributed by atoms with Crippen molar-refractivity contribution in [2.24, 2.45) is 11.3 Å². The Morgan fingerprint density at radius 2 is 2.04 bits per heavy atom. The zero-order valence-electron chi connectivity index (χ0n) is 14.3. The summed E-state index contributed by atoms with van der Waals surface area (Å²) in [6.45, 7) is 4.01. The number of anilines is 1. The molecule has 1 aromatic carbocycles. The van der Waals surface area contributed by atoms with Crippen molar-refractivity contribution in [3.8, 4) is 11.8 Å². The molecule has 1 amide bonds. The average Bonchev–Trinajstić information content (AvgIpc) is 3.32. The molecule has 1 aliphatic heterocycles. The van der Waals surface area contributed by atoms with Crippen LogP contribution in [-0.2, 0) is 4.79 Å². The van der Waals surface area contributed by atoms with E-state index in [1.165, 1.54) is 0 Å². The molecule has 6 heteroatoms. The minimum Gasteiger partial charge on any atom is -0.424 e. The molecule has 25 heavy (non-hydrogen) atoms. The number of aromatic nitrogens is 2. The van der Waals surface area contributed by atoms with Crippen LogP contribution in [-0.4, -0.2) is 29.0 Å². The summed E-state index contributed by atoms with van der Waals surface area (Å²) in [6, 6.07) is 7.64. The molecule has 1 unspecified atom stereocenters. The Labute approximate surface area is 147 Å². The lowest BCUT2D eigenvalue weighted by molar-refractivity contribution is -0.118. The number of hydrogen-bond donors (Lipinski definition) is 2. The fraction of sp³-hybridized carbons (Fsp3) is 0.421. The highest BCUT2D eigenvalue weighted by atomic mass is 16.5. The fourth-order valence-corrected chi connectivity index (χ4v) is 3.70. The van der Waals surface area contributed by atoms with Gasteiger partial charge in [-0.25, -0.2) is 9.97 Å². The van der Waals surface area contributed by atoms with Crippen LogP contribution >= 0.6 is 0 Å². The maximum absolute atomic E-state index is 12.6. The van der Waals surface area contributed by atoms with Crippen LogP contribution in [0.2, 0.25) is 0 Å². The second kappa shape index (κ2) is 6.44. The van der Waals surface area contributed by atoms with E-state index < -0.39 is 0 Å². The number of benzene rings is 1. The SMILES string of the molecule is Cc1cc(Oc2ncccn2)ccc1NC(=O)C1CC12CCNCC2. The maximum atomic E-state index is 12.6. The van der Waals surface area contributed by atoms with Crippen LogP contribution in [0.1, 0.15) is 24.8 Å². The van der Waals surface area contributed by atoms with Crippen LogP contribution in [0.25, 0.3) is 0 Å². The monoisotopic (exact) mass is 338 g/mol. The van der Waals surface area contributed by atoms with E-state index in [1.807, 2.05) is 25.1 Å². The van der Waals surface area contributed by atoms with Gasteiger partial charge in [-0.3, -0.25) is 4.79 Å². The van der Waals surface area contributed by atoms with Crippen LogP contribution in [0, 0.1) is 18.3 Å². The lowest BCUT2D eigenvalue weighted by Crippen LogP contribution is -2.31. The summed E-state index contributed by atoms with van der Waals surface area (Å²) in [5.41, 5.74) is 2.04. The first kappa shape index (κ1) is 16.0. The number of amides is 1. The van der Waals surface area contributed by atoms with E-state index in [0.29, 0.717) is 11.8 Å². The minimum absolute atomic E-state index is 0.144. The third kappa shape index (κ3) is 3.35. The third-order valence-corrected chi connectivity index (χ3v) is 5.31. The Morgan fingerprint density at radius 1 is 1.28 bits per heavy atom. The molecule has 2 N–H and O–H groups in total. The smallest absolute Gasteiger partial charge is 0.321 e. The van der Waals surface area contributed by atoms with Gasteiger partial charge in [0.2, 0.25) is 5.91 Å². The largest absolute Gasteiger partial charge is 0.424 e. The van der Waals surface area contributed by atoms with Gasteiger partial charge in [-0.05, 0) is 74.5 Å². The quantitative estimate of drug-likeness (QED) is 0.896. The van der Waals surface area contributed by atoms with Crippen LogP contribution < -0.4 is 15.4 Å². The van der Waals surface area contributed by atoms with E-state index in [0.717, 1.165) is 43.6 Å². The Hall–Kier alpha value is -2.47. The highest BCUT2D eigenvalue weighted by Crippen LogP contribution is 2.58. The van der Waals surface area contributed by atoms with Crippen molar-refractivity contribution in [3.63, 3.8) is 0 Å². The van der Waals surface area contributed by atoms with Gasteiger partial charge in [-0.15, -0.1) is 0 Å². The fourth-order valence-electron chi connectivity index (χ4n) is 3.70. The third-order valence-electron chi connectivity index (χ3n) is 5.31. The molecule has 1 spiro atoms. The summed E-state index contributed by atoms with van der Waals surface area (Å²) in [6.07, 6.45) is 6.50. The average molecular weight is 338 g/mol. The molecule has 1 saturated carbocycles. The number of piperidine rings is 1. The van der Waals surface area contributed by atoms with Crippen molar-refractivity contribution in [2.45, 2.75) is 26.2 Å². The van der Waals surface area contributed by atoms with Crippen LogP contribution in [0.15, 0.2) is 36.7 Å². The molecule has 2 aromatic rings. The van der Waals surface area contributed by atoms with E-state index in [-0.39, 0.29) is 17.2 Å². The van der Waals surface area contributed by atoms with Gasteiger partial charge in [0.05, 0.1) is 0 Å². The summed E-state index contributed by atoms with van der Waals surface area (Å²) >= 11 is 0. The molecule has 4 rings (SSSR count). The first-order valence-corrected chi connectivity index (χ1v) is 8.73. The number of rotatable bonds is 4. The van der Waals surface area contributed by atoms with Gasteiger partial charge >= 0.3 is 6.01 Å². The molecule has 130 valence electrons. The summed E-state index contributed by atoms with van der Waals surface area (Å²) in [4.78, 5) is 20.7. The van der Waals surface area contributed by atoms with Crippen LogP contribution in [0.3, 0.4) is 0 Å². The zero-order valence-corrected chi connectivity index (χ0v) is 14.3. The molecule has 1 aromatic heterocycles. The Kier molecular flexibility index (Phi) is 4.13. The van der Waals surface area contributed by atoms with Crippen molar-refractivity contribution in [3.05, 3.63) is 42.2 Å². The predicted molar refractivity (Wildman–Crippen MR) is 94.6 cm³/mol. The Morgan fingerprint density at radius 3 is 2.76 bits per heavy atom. The van der Waals surface area contributed by atoms with Crippen LogP contribution in [0.4, 0.5) is 5.69 Å². The van der Waals surface area contributed by atoms with Gasteiger partial charge in [-0.2, -0.15) is 0 Å². The standard InChI is InChI=1S/C19H22N4O2/c1-13-11-14(25-18-21-7-2-8-22-18)3-4-16(13)23-17(24)15-12-19(15)5-9-20-10-6-19/h2-4,7-8,11,15,20H,5-6,9-10,12H2,1H3,(H,23,24). The van der Waals surface area contributed by atoms with Crippen molar-refractivity contribution in [1.82, 2.24) is 15.3 Å². The van der Waals surface area contributed by atoms with E-state index in [2.05, 4.69) is 20.6 Å². The molecular formula is C19H22N4O2. The number of ether oxygens (including phenoxy) is 1. The number of carbonyl (C=O) groups excluding carboxylic acids is 1. The topological polar surface area (TPSA) is 76.1 Å². The summed E-state index contributed by atoms with van der Waals surface area (Å²) in [5, 5.41) is 6.46. The highest BCUT2D eigenvalue weighted by Gasteiger charge is 2.57. The maximum Gasteiger partial charge on any atom is 0.321 e. The number of nitrogens with zero attached hydrogens (tertiary/aromatic N) is 2. The summed E-state index contributed by atoms with van der Waals surface area (Å²) < 4.78 is 5.63. The molecule has 2 fully saturated rings. The Bertz CT molecular complexity index is 772. The second-order valence-electron chi connectivity index (χ2n) is 6.97. The highest BCUT2D eigenvalue weighted by molar-refractivity contribution is 5.95. The molecule has 1 atom stereocenters.